The molecule has 1 amide bonds. The number of carbonyl (C=O) groups is 1. The van der Waals surface area contributed by atoms with Crippen LogP contribution in [0.4, 0.5) is 10.8 Å². The molecule has 1 atom stereocenters. The Hall–Kier alpha value is -3.67. The zero-order valence-electron chi connectivity index (χ0n) is 17.0. The molecule has 0 saturated heterocycles. The molecule has 4 N–H and O–H groups in total. The average molecular weight is 460 g/mol. The van der Waals surface area contributed by atoms with Crippen LogP contribution in [0.5, 0.6) is 11.5 Å². The van der Waals surface area contributed by atoms with E-state index < -0.39 is 39.2 Å². The number of rotatable bonds is 5. The van der Waals surface area contributed by atoms with Crippen molar-refractivity contribution in [2.75, 3.05) is 12.3 Å². The molecular weight excluding hydrogens is 440 g/mol. The maximum absolute atomic E-state index is 13.4. The van der Waals surface area contributed by atoms with Gasteiger partial charge in [-0.25, -0.2) is 9.78 Å². The first-order valence-electron chi connectivity index (χ1n) is 9.93. The first-order chi connectivity index (χ1) is 15.2. The number of aromatic hydroxyl groups is 2. The molecule has 1 aliphatic rings. The zero-order valence-corrected chi connectivity index (χ0v) is 17.8. The van der Waals surface area contributed by atoms with Gasteiger partial charge in [0.25, 0.3) is 5.91 Å². The van der Waals surface area contributed by atoms with Crippen LogP contribution in [0, 0.1) is 10.1 Å². The van der Waals surface area contributed by atoms with Crippen molar-refractivity contribution in [1.29, 1.82) is 0 Å². The molecule has 11 nitrogen and oxygen atoms in total. The summed E-state index contributed by atoms with van der Waals surface area (Å²) in [7, 11) is 0. The molecule has 2 aromatic heterocycles. The Morgan fingerprint density at radius 1 is 1.41 bits per heavy atom. The lowest BCUT2D eigenvalue weighted by Gasteiger charge is -2.33. The lowest BCUT2D eigenvalue weighted by molar-refractivity contribution is -0.385. The number of nitrogen functional groups attached to an aromatic ring is 1. The van der Waals surface area contributed by atoms with Crippen LogP contribution >= 0.6 is 11.3 Å². The third-order valence-corrected chi connectivity index (χ3v) is 6.42. The van der Waals surface area contributed by atoms with Gasteiger partial charge in [0.1, 0.15) is 5.56 Å². The first-order valence-corrected chi connectivity index (χ1v) is 10.7. The number of amides is 1. The minimum atomic E-state index is -1.01. The third kappa shape index (κ3) is 3.62. The van der Waals surface area contributed by atoms with E-state index in [-0.39, 0.29) is 17.0 Å². The number of nitrogens with zero attached hydrogens (tertiary/aromatic N) is 3. The van der Waals surface area contributed by atoms with Gasteiger partial charge in [-0.05, 0) is 25.3 Å². The molecule has 0 spiro atoms. The van der Waals surface area contributed by atoms with E-state index in [1.165, 1.54) is 11.3 Å². The predicted octanol–water partition coefficient (Wildman–Crippen LogP) is 2.56. The third-order valence-electron chi connectivity index (χ3n) is 5.47. The summed E-state index contributed by atoms with van der Waals surface area (Å²) in [5.41, 5.74) is 4.22. The summed E-state index contributed by atoms with van der Waals surface area (Å²) in [6, 6.07) is 1.92. The van der Waals surface area contributed by atoms with Gasteiger partial charge in [0.05, 0.1) is 10.6 Å². The Morgan fingerprint density at radius 3 is 2.84 bits per heavy atom. The second-order valence-electron chi connectivity index (χ2n) is 7.53. The van der Waals surface area contributed by atoms with Gasteiger partial charge in [-0.3, -0.25) is 14.9 Å². The number of fused-ring (bicyclic) bond motifs is 2. The van der Waals surface area contributed by atoms with Crippen LogP contribution in [0.2, 0.25) is 0 Å². The standard InChI is InChI=1S/C20H20N4O7S/c1-2-5-23(10-3-4-12-14(8-10)32-20(21)22-12)18(27)11-6-9-7-13(24(29)30)15(25)16(26)17(9)31-19(11)28/h6-7,10,25-26H,2-5,8H2,1H3,(H2,21,22)/t10-/m0/s1. The molecule has 0 aliphatic heterocycles. The van der Waals surface area contributed by atoms with Gasteiger partial charge < -0.3 is 25.3 Å². The largest absolute Gasteiger partial charge is 0.501 e. The topological polar surface area (TPSA) is 173 Å². The molecule has 1 aliphatic carbocycles. The SMILES string of the molecule is CCCN(C(=O)c1cc2cc([N+](=O)[O-])c(O)c(O)c2oc1=O)[C@H]1CCc2nc(N)sc2C1. The molecule has 168 valence electrons. The number of phenols is 2. The summed E-state index contributed by atoms with van der Waals surface area (Å²) in [4.78, 5) is 43.2. The number of nitro benzene ring substituents is 1. The minimum Gasteiger partial charge on any atom is -0.501 e. The fourth-order valence-electron chi connectivity index (χ4n) is 4.00. The lowest BCUT2D eigenvalue weighted by Crippen LogP contribution is -2.45. The quantitative estimate of drug-likeness (QED) is 0.224. The van der Waals surface area contributed by atoms with Crippen molar-refractivity contribution < 1.29 is 24.3 Å². The highest BCUT2D eigenvalue weighted by Gasteiger charge is 2.32. The van der Waals surface area contributed by atoms with E-state index in [2.05, 4.69) is 4.98 Å². The van der Waals surface area contributed by atoms with E-state index in [1.807, 2.05) is 6.92 Å². The second kappa shape index (κ2) is 8.11. The van der Waals surface area contributed by atoms with E-state index in [1.54, 1.807) is 4.90 Å². The molecule has 0 fully saturated rings. The molecule has 12 heteroatoms. The monoisotopic (exact) mass is 460 g/mol. The molecule has 2 heterocycles. The minimum absolute atomic E-state index is 0.0486. The molecule has 0 radical (unpaired) electrons. The normalized spacial score (nSPS) is 15.5. The Kier molecular flexibility index (Phi) is 5.46. The summed E-state index contributed by atoms with van der Waals surface area (Å²) in [6.07, 6.45) is 2.53. The summed E-state index contributed by atoms with van der Waals surface area (Å²) in [5.74, 6) is -2.51. The number of hydrogen-bond acceptors (Lipinski definition) is 10. The number of benzene rings is 1. The summed E-state index contributed by atoms with van der Waals surface area (Å²) in [5, 5.41) is 31.4. The maximum Gasteiger partial charge on any atom is 0.349 e. The van der Waals surface area contributed by atoms with Gasteiger partial charge in [-0.15, -0.1) is 11.3 Å². The van der Waals surface area contributed by atoms with E-state index in [0.717, 1.165) is 22.7 Å². The van der Waals surface area contributed by atoms with Crippen LogP contribution in [0.3, 0.4) is 0 Å². The highest BCUT2D eigenvalue weighted by Crippen LogP contribution is 2.41. The van der Waals surface area contributed by atoms with Crippen molar-refractivity contribution >= 4 is 39.0 Å². The van der Waals surface area contributed by atoms with E-state index >= 15 is 0 Å². The van der Waals surface area contributed by atoms with Gasteiger partial charge in [-0.2, -0.15) is 0 Å². The Morgan fingerprint density at radius 2 is 2.16 bits per heavy atom. The number of aryl methyl sites for hydroxylation is 1. The van der Waals surface area contributed by atoms with Crippen LogP contribution < -0.4 is 11.4 Å². The first kappa shape index (κ1) is 21.6. The Balaban J connectivity index is 1.75. The Bertz CT molecular complexity index is 1300. The zero-order chi connectivity index (χ0) is 23.2. The van der Waals surface area contributed by atoms with Crippen LogP contribution in [0.1, 0.15) is 40.7 Å². The lowest BCUT2D eigenvalue weighted by atomic mass is 9.95. The maximum atomic E-state index is 13.4. The van der Waals surface area contributed by atoms with Crippen molar-refractivity contribution in [2.24, 2.45) is 0 Å². The fraction of sp³-hybridized carbons (Fsp3) is 0.350. The highest BCUT2D eigenvalue weighted by molar-refractivity contribution is 7.15. The number of anilines is 1. The molecule has 0 bridgehead atoms. The number of carbonyl (C=O) groups excluding carboxylic acids is 1. The molecule has 32 heavy (non-hydrogen) atoms. The smallest absolute Gasteiger partial charge is 0.349 e. The van der Waals surface area contributed by atoms with Gasteiger partial charge in [0, 0.05) is 35.3 Å². The number of hydrogen-bond donors (Lipinski definition) is 3. The van der Waals surface area contributed by atoms with E-state index in [0.29, 0.717) is 37.4 Å². The van der Waals surface area contributed by atoms with Crippen molar-refractivity contribution in [3.8, 4) is 11.5 Å². The Labute approximate surface area is 184 Å². The number of phenolic OH excluding ortho intramolecular Hbond substituents is 2. The fourth-order valence-corrected chi connectivity index (χ4v) is 4.95. The van der Waals surface area contributed by atoms with E-state index in [4.69, 9.17) is 10.2 Å². The molecule has 1 aromatic carbocycles. The summed E-state index contributed by atoms with van der Waals surface area (Å²) >= 11 is 1.38. The van der Waals surface area contributed by atoms with Gasteiger partial charge in [0.15, 0.2) is 10.7 Å². The summed E-state index contributed by atoms with van der Waals surface area (Å²) in [6.45, 7) is 2.30. The molecule has 0 saturated carbocycles. The molecule has 4 rings (SSSR count). The summed E-state index contributed by atoms with van der Waals surface area (Å²) < 4.78 is 5.08. The van der Waals surface area contributed by atoms with Crippen molar-refractivity contribution in [3.05, 3.63) is 48.8 Å². The number of thiazole rings is 1. The highest BCUT2D eigenvalue weighted by atomic mass is 32.1. The van der Waals surface area contributed by atoms with Gasteiger partial charge >= 0.3 is 11.3 Å². The van der Waals surface area contributed by atoms with Crippen LogP contribution in [0.25, 0.3) is 11.0 Å². The molecule has 3 aromatic rings. The number of nitro groups is 1. The van der Waals surface area contributed by atoms with Crippen molar-refractivity contribution in [3.63, 3.8) is 0 Å². The van der Waals surface area contributed by atoms with Crippen LogP contribution in [-0.2, 0) is 12.8 Å². The van der Waals surface area contributed by atoms with Crippen LogP contribution in [0.15, 0.2) is 21.3 Å². The van der Waals surface area contributed by atoms with Crippen molar-refractivity contribution in [2.45, 2.75) is 38.6 Å². The number of aromatic nitrogens is 1. The van der Waals surface area contributed by atoms with Gasteiger partial charge in [0.2, 0.25) is 11.5 Å². The predicted molar refractivity (Wildman–Crippen MR) is 116 cm³/mol. The number of nitrogens with two attached hydrogens (primary N) is 1. The second-order valence-corrected chi connectivity index (χ2v) is 8.65. The average Bonchev–Trinajstić information content (AvgIpc) is 3.13. The van der Waals surface area contributed by atoms with E-state index in [9.17, 15) is 29.9 Å². The molecule has 0 unspecified atom stereocenters. The van der Waals surface area contributed by atoms with Crippen molar-refractivity contribution in [1.82, 2.24) is 9.88 Å². The van der Waals surface area contributed by atoms with Crippen LogP contribution in [-0.4, -0.2) is 43.5 Å². The van der Waals surface area contributed by atoms with Gasteiger partial charge in [-0.1, -0.05) is 6.92 Å². The molecular formula is C20H20N4O7S.